The van der Waals surface area contributed by atoms with Crippen LogP contribution in [0.25, 0.3) is 0 Å². The van der Waals surface area contributed by atoms with Crippen molar-refractivity contribution < 1.29 is 14.6 Å². The van der Waals surface area contributed by atoms with Crippen molar-refractivity contribution in [2.45, 2.75) is 19.4 Å². The quantitative estimate of drug-likeness (QED) is 0.827. The largest absolute Gasteiger partial charge is 0.479 e. The van der Waals surface area contributed by atoms with Crippen LogP contribution < -0.4 is 4.90 Å². The average molecular weight is 243 g/mol. The molecule has 1 N–H and O–H groups in total. The predicted molar refractivity (Wildman–Crippen MR) is 58.9 cm³/mol. The second-order valence-corrected chi connectivity index (χ2v) is 4.22. The third kappa shape index (κ3) is 2.30. The molecule has 7 heteroatoms. The fourth-order valence-electron chi connectivity index (χ4n) is 1.49. The number of carbonyl (C=O) groups is 1. The van der Waals surface area contributed by atoms with Crippen molar-refractivity contribution in [3.8, 4) is 0 Å². The molecule has 88 valence electrons. The summed E-state index contributed by atoms with van der Waals surface area (Å²) in [5.41, 5.74) is 0. The molecule has 0 bridgehead atoms. The third-order valence-electron chi connectivity index (χ3n) is 2.39. The molecule has 1 fully saturated rings. The first-order chi connectivity index (χ1) is 7.70. The van der Waals surface area contributed by atoms with Crippen LogP contribution in [0.2, 0.25) is 0 Å². The van der Waals surface area contributed by atoms with Gasteiger partial charge in [0.15, 0.2) is 6.10 Å². The molecule has 0 aromatic carbocycles. The van der Waals surface area contributed by atoms with Gasteiger partial charge in [0.2, 0.25) is 5.13 Å². The molecule has 0 spiro atoms. The highest BCUT2D eigenvalue weighted by Gasteiger charge is 2.27. The lowest BCUT2D eigenvalue weighted by Crippen LogP contribution is -2.46. The van der Waals surface area contributed by atoms with Gasteiger partial charge in [-0.1, -0.05) is 6.92 Å². The summed E-state index contributed by atoms with van der Waals surface area (Å²) in [6.45, 7) is 3.42. The minimum absolute atomic E-state index is 0.341. The Labute approximate surface area is 97.0 Å². The lowest BCUT2D eigenvalue weighted by molar-refractivity contribution is -0.150. The minimum Gasteiger partial charge on any atom is -0.479 e. The van der Waals surface area contributed by atoms with E-state index in [1.807, 2.05) is 11.8 Å². The van der Waals surface area contributed by atoms with Crippen LogP contribution in [0.3, 0.4) is 0 Å². The molecule has 1 aromatic rings. The van der Waals surface area contributed by atoms with Crippen molar-refractivity contribution >= 4 is 22.6 Å². The zero-order valence-electron chi connectivity index (χ0n) is 8.92. The number of aliphatic carboxylic acids is 1. The molecule has 6 nitrogen and oxygen atoms in total. The Morgan fingerprint density at radius 2 is 2.56 bits per heavy atom. The molecule has 1 atom stereocenters. The van der Waals surface area contributed by atoms with Crippen LogP contribution in [-0.4, -0.2) is 46.2 Å². The molecule has 2 heterocycles. The zero-order valence-corrected chi connectivity index (χ0v) is 9.74. The first-order valence-electron chi connectivity index (χ1n) is 5.12. The maximum Gasteiger partial charge on any atom is 0.334 e. The summed E-state index contributed by atoms with van der Waals surface area (Å²) in [7, 11) is 0. The van der Waals surface area contributed by atoms with Crippen molar-refractivity contribution in [1.29, 1.82) is 0 Å². The van der Waals surface area contributed by atoms with Crippen molar-refractivity contribution in [3.05, 3.63) is 5.82 Å². The first kappa shape index (κ1) is 11.3. The van der Waals surface area contributed by atoms with Gasteiger partial charge in [-0.15, -0.1) is 0 Å². The number of morpholine rings is 1. The highest BCUT2D eigenvalue weighted by atomic mass is 32.1. The number of ether oxygens (including phenoxy) is 1. The average Bonchev–Trinajstić information content (AvgIpc) is 2.77. The van der Waals surface area contributed by atoms with Crippen LogP contribution in [0.4, 0.5) is 5.13 Å². The van der Waals surface area contributed by atoms with Gasteiger partial charge in [0.25, 0.3) is 0 Å². The van der Waals surface area contributed by atoms with Crippen molar-refractivity contribution in [1.82, 2.24) is 9.36 Å². The number of carboxylic acid groups (broad SMARTS) is 1. The van der Waals surface area contributed by atoms with Crippen LogP contribution in [-0.2, 0) is 16.0 Å². The molecule has 1 unspecified atom stereocenters. The van der Waals surface area contributed by atoms with Crippen LogP contribution in [0.1, 0.15) is 12.7 Å². The van der Waals surface area contributed by atoms with Gasteiger partial charge in [0.1, 0.15) is 5.82 Å². The molecule has 0 radical (unpaired) electrons. The number of hydrogen-bond donors (Lipinski definition) is 1. The number of aryl methyl sites for hydroxylation is 1. The summed E-state index contributed by atoms with van der Waals surface area (Å²) in [4.78, 5) is 17.1. The highest BCUT2D eigenvalue weighted by molar-refractivity contribution is 7.09. The Morgan fingerprint density at radius 1 is 1.75 bits per heavy atom. The molecular weight excluding hydrogens is 230 g/mol. The molecule has 0 aliphatic carbocycles. The van der Waals surface area contributed by atoms with E-state index in [1.54, 1.807) is 0 Å². The summed E-state index contributed by atoms with van der Waals surface area (Å²) in [5, 5.41) is 9.65. The number of hydrogen-bond acceptors (Lipinski definition) is 6. The molecule has 1 aliphatic heterocycles. The minimum atomic E-state index is -0.926. The van der Waals surface area contributed by atoms with E-state index in [-0.39, 0.29) is 0 Å². The summed E-state index contributed by atoms with van der Waals surface area (Å²) in [6.07, 6.45) is 0.0335. The Kier molecular flexibility index (Phi) is 3.35. The van der Waals surface area contributed by atoms with E-state index >= 15 is 0 Å². The van der Waals surface area contributed by atoms with Crippen molar-refractivity contribution in [2.75, 3.05) is 24.6 Å². The van der Waals surface area contributed by atoms with E-state index in [9.17, 15) is 4.79 Å². The highest BCUT2D eigenvalue weighted by Crippen LogP contribution is 2.20. The Balaban J connectivity index is 2.06. The van der Waals surface area contributed by atoms with E-state index in [1.165, 1.54) is 11.5 Å². The van der Waals surface area contributed by atoms with Gasteiger partial charge in [-0.25, -0.2) is 9.78 Å². The lowest BCUT2D eigenvalue weighted by Gasteiger charge is -2.30. The summed E-state index contributed by atoms with van der Waals surface area (Å²) in [5.74, 6) is -0.122. The monoisotopic (exact) mass is 243 g/mol. The molecule has 1 aromatic heterocycles. The fourth-order valence-corrected chi connectivity index (χ4v) is 2.27. The van der Waals surface area contributed by atoms with E-state index in [0.29, 0.717) is 19.7 Å². The standard InChI is InChI=1S/C9H13N3O3S/c1-2-7-10-9(16-11-7)12-3-4-15-6(5-12)8(13)14/h6H,2-5H2,1H3,(H,13,14). The summed E-state index contributed by atoms with van der Waals surface area (Å²) in [6, 6.07) is 0. The van der Waals surface area contributed by atoms with Gasteiger partial charge in [0.05, 0.1) is 13.2 Å². The number of aromatic nitrogens is 2. The number of carboxylic acids is 1. The molecule has 0 amide bonds. The first-order valence-corrected chi connectivity index (χ1v) is 5.90. The predicted octanol–water partition coefficient (Wildman–Crippen LogP) is 0.390. The van der Waals surface area contributed by atoms with E-state index in [0.717, 1.165) is 17.4 Å². The van der Waals surface area contributed by atoms with E-state index in [4.69, 9.17) is 9.84 Å². The number of anilines is 1. The fraction of sp³-hybridized carbons (Fsp3) is 0.667. The lowest BCUT2D eigenvalue weighted by atomic mass is 10.3. The topological polar surface area (TPSA) is 75.6 Å². The third-order valence-corrected chi connectivity index (χ3v) is 3.20. The van der Waals surface area contributed by atoms with Crippen LogP contribution >= 0.6 is 11.5 Å². The smallest absolute Gasteiger partial charge is 0.334 e. The molecule has 2 rings (SSSR count). The number of rotatable bonds is 3. The molecule has 1 aliphatic rings. The normalized spacial score (nSPS) is 21.1. The maximum absolute atomic E-state index is 10.8. The van der Waals surface area contributed by atoms with Crippen LogP contribution in [0.15, 0.2) is 0 Å². The van der Waals surface area contributed by atoms with Crippen molar-refractivity contribution in [3.63, 3.8) is 0 Å². The van der Waals surface area contributed by atoms with Gasteiger partial charge in [0, 0.05) is 24.5 Å². The van der Waals surface area contributed by atoms with Gasteiger partial charge in [-0.05, 0) is 0 Å². The van der Waals surface area contributed by atoms with Crippen LogP contribution in [0.5, 0.6) is 0 Å². The van der Waals surface area contributed by atoms with Gasteiger partial charge in [-0.2, -0.15) is 4.37 Å². The van der Waals surface area contributed by atoms with Crippen molar-refractivity contribution in [2.24, 2.45) is 0 Å². The van der Waals surface area contributed by atoms with E-state index < -0.39 is 12.1 Å². The van der Waals surface area contributed by atoms with Gasteiger partial charge >= 0.3 is 5.97 Å². The Hall–Kier alpha value is -1.21. The number of nitrogens with zero attached hydrogens (tertiary/aromatic N) is 3. The second kappa shape index (κ2) is 4.75. The second-order valence-electron chi connectivity index (χ2n) is 3.49. The van der Waals surface area contributed by atoms with Gasteiger partial charge in [-0.3, -0.25) is 0 Å². The zero-order chi connectivity index (χ0) is 11.5. The van der Waals surface area contributed by atoms with E-state index in [2.05, 4.69) is 9.36 Å². The summed E-state index contributed by atoms with van der Waals surface area (Å²) < 4.78 is 9.32. The molecule has 0 saturated carbocycles. The summed E-state index contributed by atoms with van der Waals surface area (Å²) >= 11 is 1.31. The molecule has 1 saturated heterocycles. The Bertz CT molecular complexity index is 382. The maximum atomic E-state index is 10.8. The van der Waals surface area contributed by atoms with Gasteiger partial charge < -0.3 is 14.7 Å². The molecule has 16 heavy (non-hydrogen) atoms. The Morgan fingerprint density at radius 3 is 3.19 bits per heavy atom. The van der Waals surface area contributed by atoms with Crippen LogP contribution in [0, 0.1) is 0 Å². The molecular formula is C9H13N3O3S. The SMILES string of the molecule is CCc1nsc(N2CCOC(C(=O)O)C2)n1.